The minimum Gasteiger partial charge on any atom is -0.508 e. The molecule has 0 atom stereocenters. The van der Waals surface area contributed by atoms with E-state index < -0.39 is 0 Å². The zero-order valence-corrected chi connectivity index (χ0v) is 18.8. The van der Waals surface area contributed by atoms with E-state index in [1.807, 2.05) is 60.7 Å². The molecule has 0 bridgehead atoms. The summed E-state index contributed by atoms with van der Waals surface area (Å²) in [5, 5.41) is 39.6. The highest BCUT2D eigenvalue weighted by molar-refractivity contribution is 5.87. The van der Waals surface area contributed by atoms with Gasteiger partial charge in [0.15, 0.2) is 0 Å². The lowest BCUT2D eigenvalue weighted by atomic mass is 9.79. The van der Waals surface area contributed by atoms with Gasteiger partial charge in [-0.2, -0.15) is 0 Å². The standard InChI is InChI=1S/C31H24O4/c32-24-12-4-20(5-13-24)28-2-1-3-29(31(28)23-10-18-27(35)19-11-23)30(21-6-14-25(33)15-7-21)22-8-16-26(34)17-9-22/h1-19,30,32-35H. The van der Waals surface area contributed by atoms with Gasteiger partial charge in [0.1, 0.15) is 23.0 Å². The Morgan fingerprint density at radius 2 is 0.800 bits per heavy atom. The average Bonchev–Trinajstić information content (AvgIpc) is 2.87. The molecule has 0 heterocycles. The van der Waals surface area contributed by atoms with E-state index in [-0.39, 0.29) is 28.9 Å². The molecule has 0 aliphatic heterocycles. The van der Waals surface area contributed by atoms with Crippen molar-refractivity contribution in [1.82, 2.24) is 0 Å². The first kappa shape index (κ1) is 22.1. The molecule has 35 heavy (non-hydrogen) atoms. The number of aromatic hydroxyl groups is 4. The second kappa shape index (κ2) is 9.27. The molecule has 4 N–H and O–H groups in total. The van der Waals surface area contributed by atoms with E-state index in [2.05, 4.69) is 6.07 Å². The summed E-state index contributed by atoms with van der Waals surface area (Å²) in [6.07, 6.45) is 0. The van der Waals surface area contributed by atoms with Gasteiger partial charge in [0.05, 0.1) is 0 Å². The maximum Gasteiger partial charge on any atom is 0.115 e. The Labute approximate surface area is 203 Å². The Bertz CT molecular complexity index is 1390. The molecule has 0 amide bonds. The summed E-state index contributed by atoms with van der Waals surface area (Å²) >= 11 is 0. The molecule has 0 spiro atoms. The van der Waals surface area contributed by atoms with Crippen LogP contribution in [0.4, 0.5) is 0 Å². The second-order valence-electron chi connectivity index (χ2n) is 8.48. The van der Waals surface area contributed by atoms with Gasteiger partial charge in [0.2, 0.25) is 0 Å². The molecule has 0 aliphatic carbocycles. The summed E-state index contributed by atoms with van der Waals surface area (Å²) in [6, 6.07) is 34.7. The van der Waals surface area contributed by atoms with Gasteiger partial charge >= 0.3 is 0 Å². The highest BCUT2D eigenvalue weighted by Gasteiger charge is 2.23. The van der Waals surface area contributed by atoms with E-state index in [9.17, 15) is 20.4 Å². The summed E-state index contributed by atoms with van der Waals surface area (Å²) in [7, 11) is 0. The first-order valence-corrected chi connectivity index (χ1v) is 11.3. The monoisotopic (exact) mass is 460 g/mol. The van der Waals surface area contributed by atoms with Crippen molar-refractivity contribution >= 4 is 0 Å². The predicted octanol–water partition coefficient (Wildman–Crippen LogP) is 7.02. The highest BCUT2D eigenvalue weighted by atomic mass is 16.3. The van der Waals surface area contributed by atoms with Crippen LogP contribution in [0.5, 0.6) is 23.0 Å². The molecule has 5 aromatic rings. The van der Waals surface area contributed by atoms with Crippen LogP contribution < -0.4 is 0 Å². The molecule has 5 aromatic carbocycles. The summed E-state index contributed by atoms with van der Waals surface area (Å²) in [5.41, 5.74) is 6.84. The molecule has 0 saturated carbocycles. The van der Waals surface area contributed by atoms with Crippen LogP contribution in [0.3, 0.4) is 0 Å². The lowest BCUT2D eigenvalue weighted by molar-refractivity contribution is 0.474. The van der Waals surface area contributed by atoms with Gasteiger partial charge in [0, 0.05) is 5.92 Å². The minimum absolute atomic E-state index is 0.186. The molecular weight excluding hydrogens is 436 g/mol. The predicted molar refractivity (Wildman–Crippen MR) is 138 cm³/mol. The van der Waals surface area contributed by atoms with Gasteiger partial charge in [-0.15, -0.1) is 0 Å². The molecule has 0 saturated heterocycles. The number of rotatable bonds is 5. The molecule has 172 valence electrons. The van der Waals surface area contributed by atoms with Crippen LogP contribution in [0.1, 0.15) is 22.6 Å². The van der Waals surface area contributed by atoms with Gasteiger partial charge in [-0.25, -0.2) is 0 Å². The topological polar surface area (TPSA) is 80.9 Å². The number of phenolic OH excluding ortho intramolecular Hbond substituents is 4. The van der Waals surface area contributed by atoms with Gasteiger partial charge < -0.3 is 20.4 Å². The van der Waals surface area contributed by atoms with E-state index in [4.69, 9.17) is 0 Å². The zero-order valence-electron chi connectivity index (χ0n) is 18.8. The van der Waals surface area contributed by atoms with Gasteiger partial charge in [-0.3, -0.25) is 0 Å². The molecule has 0 radical (unpaired) electrons. The van der Waals surface area contributed by atoms with E-state index >= 15 is 0 Å². The third-order valence-corrected chi connectivity index (χ3v) is 6.19. The fraction of sp³-hybridized carbons (Fsp3) is 0.0323. The van der Waals surface area contributed by atoms with Gasteiger partial charge in [0.25, 0.3) is 0 Å². The van der Waals surface area contributed by atoms with Crippen LogP contribution in [0.2, 0.25) is 0 Å². The van der Waals surface area contributed by atoms with Crippen molar-refractivity contribution in [3.05, 3.63) is 132 Å². The molecule has 0 fully saturated rings. The Hall–Kier alpha value is -4.70. The van der Waals surface area contributed by atoms with Crippen LogP contribution in [-0.2, 0) is 0 Å². The second-order valence-corrected chi connectivity index (χ2v) is 8.48. The molecule has 4 nitrogen and oxygen atoms in total. The number of phenols is 4. The smallest absolute Gasteiger partial charge is 0.115 e. The molecule has 0 unspecified atom stereocenters. The summed E-state index contributed by atoms with van der Waals surface area (Å²) < 4.78 is 0. The Balaban J connectivity index is 1.81. The van der Waals surface area contributed by atoms with Crippen LogP contribution in [-0.4, -0.2) is 20.4 Å². The Kier molecular flexibility index (Phi) is 5.86. The fourth-order valence-electron chi connectivity index (χ4n) is 4.53. The van der Waals surface area contributed by atoms with Crippen molar-refractivity contribution in [3.63, 3.8) is 0 Å². The van der Waals surface area contributed by atoms with E-state index in [1.165, 1.54) is 0 Å². The maximum absolute atomic E-state index is 9.93. The van der Waals surface area contributed by atoms with E-state index in [0.717, 1.165) is 38.9 Å². The first-order valence-electron chi connectivity index (χ1n) is 11.3. The SMILES string of the molecule is Oc1ccc(-c2cccc(C(c3ccc(O)cc3)c3ccc(O)cc3)c2-c2ccc(O)cc2)cc1. The summed E-state index contributed by atoms with van der Waals surface area (Å²) in [6.45, 7) is 0. The molecule has 0 aliphatic rings. The maximum atomic E-state index is 9.93. The van der Waals surface area contributed by atoms with Gasteiger partial charge in [-0.05, 0) is 87.5 Å². The van der Waals surface area contributed by atoms with Crippen LogP contribution >= 0.6 is 0 Å². The van der Waals surface area contributed by atoms with E-state index in [1.54, 1.807) is 48.5 Å². The zero-order chi connectivity index (χ0) is 24.4. The fourth-order valence-corrected chi connectivity index (χ4v) is 4.53. The van der Waals surface area contributed by atoms with Gasteiger partial charge in [-0.1, -0.05) is 66.7 Å². The molecule has 4 heteroatoms. The number of benzene rings is 5. The molecule has 0 aromatic heterocycles. The Morgan fingerprint density at radius 3 is 1.26 bits per heavy atom. The minimum atomic E-state index is -0.197. The van der Waals surface area contributed by atoms with Crippen molar-refractivity contribution in [1.29, 1.82) is 0 Å². The molecule has 5 rings (SSSR count). The van der Waals surface area contributed by atoms with Crippen LogP contribution in [0, 0.1) is 0 Å². The quantitative estimate of drug-likeness (QED) is 0.212. The van der Waals surface area contributed by atoms with Crippen molar-refractivity contribution in [3.8, 4) is 45.3 Å². The average molecular weight is 461 g/mol. The number of hydrogen-bond acceptors (Lipinski definition) is 4. The van der Waals surface area contributed by atoms with E-state index in [0.29, 0.717) is 0 Å². The summed E-state index contributed by atoms with van der Waals surface area (Å²) in [5.74, 6) is 0.565. The Morgan fingerprint density at radius 1 is 0.400 bits per heavy atom. The summed E-state index contributed by atoms with van der Waals surface area (Å²) in [4.78, 5) is 0. The third-order valence-electron chi connectivity index (χ3n) is 6.19. The van der Waals surface area contributed by atoms with Crippen LogP contribution in [0.25, 0.3) is 22.3 Å². The van der Waals surface area contributed by atoms with Crippen molar-refractivity contribution < 1.29 is 20.4 Å². The highest BCUT2D eigenvalue weighted by Crippen LogP contribution is 2.43. The number of hydrogen-bond donors (Lipinski definition) is 4. The van der Waals surface area contributed by atoms with Crippen molar-refractivity contribution in [2.24, 2.45) is 0 Å². The van der Waals surface area contributed by atoms with Crippen LogP contribution in [0.15, 0.2) is 115 Å². The third kappa shape index (κ3) is 4.55. The lowest BCUT2D eigenvalue weighted by Gasteiger charge is -2.24. The normalized spacial score (nSPS) is 11.0. The lowest BCUT2D eigenvalue weighted by Crippen LogP contribution is -2.06. The largest absolute Gasteiger partial charge is 0.508 e. The van der Waals surface area contributed by atoms with Crippen molar-refractivity contribution in [2.75, 3.05) is 0 Å². The first-order chi connectivity index (χ1) is 17.0. The van der Waals surface area contributed by atoms with Crippen molar-refractivity contribution in [2.45, 2.75) is 5.92 Å². The molecular formula is C31H24O4.